The Balaban J connectivity index is 2.05. The Bertz CT molecular complexity index is 428. The van der Waals surface area contributed by atoms with Gasteiger partial charge in [-0.05, 0) is 31.4 Å². The first-order valence-electron chi connectivity index (χ1n) is 5.89. The number of anilines is 1. The van der Waals surface area contributed by atoms with E-state index in [1.54, 1.807) is 19.3 Å². The first-order valence-corrected chi connectivity index (χ1v) is 5.89. The highest BCUT2D eigenvalue weighted by Gasteiger charge is 2.11. The normalized spacial score (nSPS) is 18.8. The fourth-order valence-electron chi connectivity index (χ4n) is 1.93. The third-order valence-corrected chi connectivity index (χ3v) is 2.86. The molecule has 1 aliphatic rings. The summed E-state index contributed by atoms with van der Waals surface area (Å²) in [7, 11) is 1.61. The van der Waals surface area contributed by atoms with E-state index in [9.17, 15) is 4.79 Å². The summed E-state index contributed by atoms with van der Waals surface area (Å²) < 4.78 is 0. The van der Waals surface area contributed by atoms with Gasteiger partial charge in [-0.1, -0.05) is 12.2 Å². The van der Waals surface area contributed by atoms with Gasteiger partial charge in [0.25, 0.3) is 5.91 Å². The maximum absolute atomic E-state index is 11.4. The summed E-state index contributed by atoms with van der Waals surface area (Å²) in [5.41, 5.74) is 1.41. The van der Waals surface area contributed by atoms with Crippen LogP contribution >= 0.6 is 0 Å². The third kappa shape index (κ3) is 3.06. The minimum atomic E-state index is -0.155. The van der Waals surface area contributed by atoms with Gasteiger partial charge in [0.05, 0.1) is 0 Å². The average Bonchev–Trinajstić information content (AvgIpc) is 2.39. The van der Waals surface area contributed by atoms with Gasteiger partial charge in [0.2, 0.25) is 0 Å². The topological polar surface area (TPSA) is 54.0 Å². The maximum atomic E-state index is 11.4. The molecular weight excluding hydrogens is 214 g/mol. The molecule has 1 aromatic rings. The molecule has 0 fully saturated rings. The van der Waals surface area contributed by atoms with Gasteiger partial charge in [-0.3, -0.25) is 9.78 Å². The molecule has 0 aromatic carbocycles. The highest BCUT2D eigenvalue weighted by molar-refractivity contribution is 5.92. The standard InChI is InChI=1S/C13H17N3O/c1-14-13(17)12-9-11(7-8-15-12)16-10-5-3-2-4-6-10/h2-3,7-10H,4-6H2,1H3,(H,14,17)(H,15,16). The van der Waals surface area contributed by atoms with Gasteiger partial charge in [0.15, 0.2) is 0 Å². The van der Waals surface area contributed by atoms with Gasteiger partial charge in [-0.25, -0.2) is 0 Å². The smallest absolute Gasteiger partial charge is 0.269 e. The SMILES string of the molecule is CNC(=O)c1cc(NC2CC=CCC2)ccn1. The minimum Gasteiger partial charge on any atom is -0.382 e. The molecule has 17 heavy (non-hydrogen) atoms. The molecule has 1 heterocycles. The molecule has 1 unspecified atom stereocenters. The molecule has 0 saturated carbocycles. The van der Waals surface area contributed by atoms with E-state index in [4.69, 9.17) is 0 Å². The van der Waals surface area contributed by atoms with Crippen LogP contribution in [0.1, 0.15) is 29.8 Å². The van der Waals surface area contributed by atoms with Crippen LogP contribution in [0.25, 0.3) is 0 Å². The number of hydrogen-bond donors (Lipinski definition) is 2. The van der Waals surface area contributed by atoms with E-state index >= 15 is 0 Å². The summed E-state index contributed by atoms with van der Waals surface area (Å²) in [6.45, 7) is 0. The van der Waals surface area contributed by atoms with Crippen molar-refractivity contribution in [3.05, 3.63) is 36.2 Å². The Morgan fingerprint density at radius 2 is 2.35 bits per heavy atom. The Kier molecular flexibility index (Phi) is 3.75. The molecule has 1 aliphatic carbocycles. The van der Waals surface area contributed by atoms with E-state index in [1.807, 2.05) is 6.07 Å². The van der Waals surface area contributed by atoms with Crippen LogP contribution in [-0.4, -0.2) is 24.0 Å². The summed E-state index contributed by atoms with van der Waals surface area (Å²) in [6, 6.07) is 4.14. The summed E-state index contributed by atoms with van der Waals surface area (Å²) in [5.74, 6) is -0.155. The second-order valence-electron chi connectivity index (χ2n) is 4.13. The number of allylic oxidation sites excluding steroid dienone is 1. The van der Waals surface area contributed by atoms with Gasteiger partial charge >= 0.3 is 0 Å². The van der Waals surface area contributed by atoms with Crippen molar-refractivity contribution in [2.24, 2.45) is 0 Å². The fourth-order valence-corrected chi connectivity index (χ4v) is 1.93. The number of pyridine rings is 1. The largest absolute Gasteiger partial charge is 0.382 e. The van der Waals surface area contributed by atoms with Crippen molar-refractivity contribution in [3.63, 3.8) is 0 Å². The summed E-state index contributed by atoms with van der Waals surface area (Å²) in [6.07, 6.45) is 9.35. The number of amides is 1. The zero-order valence-electron chi connectivity index (χ0n) is 9.94. The highest BCUT2D eigenvalue weighted by atomic mass is 16.1. The molecule has 90 valence electrons. The van der Waals surface area contributed by atoms with Crippen LogP contribution in [0.15, 0.2) is 30.5 Å². The molecule has 0 saturated heterocycles. The van der Waals surface area contributed by atoms with E-state index in [2.05, 4.69) is 27.8 Å². The third-order valence-electron chi connectivity index (χ3n) is 2.86. The summed E-state index contributed by atoms with van der Waals surface area (Å²) in [4.78, 5) is 15.5. The Morgan fingerprint density at radius 3 is 3.06 bits per heavy atom. The Morgan fingerprint density at radius 1 is 1.47 bits per heavy atom. The lowest BCUT2D eigenvalue weighted by Crippen LogP contribution is -2.22. The molecule has 4 nitrogen and oxygen atoms in total. The summed E-state index contributed by atoms with van der Waals surface area (Å²) >= 11 is 0. The molecule has 0 aliphatic heterocycles. The molecular formula is C13H17N3O. The molecule has 2 N–H and O–H groups in total. The van der Waals surface area contributed by atoms with Crippen molar-refractivity contribution in [2.75, 3.05) is 12.4 Å². The average molecular weight is 231 g/mol. The van der Waals surface area contributed by atoms with E-state index in [1.165, 1.54) is 0 Å². The van der Waals surface area contributed by atoms with E-state index in [0.717, 1.165) is 24.9 Å². The minimum absolute atomic E-state index is 0.155. The number of aromatic nitrogens is 1. The fraction of sp³-hybridized carbons (Fsp3) is 0.385. The molecule has 2 rings (SSSR count). The van der Waals surface area contributed by atoms with Gasteiger partial charge in [-0.15, -0.1) is 0 Å². The second kappa shape index (κ2) is 5.48. The summed E-state index contributed by atoms with van der Waals surface area (Å²) in [5, 5.41) is 6.00. The van der Waals surface area contributed by atoms with Crippen LogP contribution in [0, 0.1) is 0 Å². The molecule has 4 heteroatoms. The van der Waals surface area contributed by atoms with Crippen molar-refractivity contribution in [1.29, 1.82) is 0 Å². The van der Waals surface area contributed by atoms with Gasteiger partial charge < -0.3 is 10.6 Å². The predicted octanol–water partition coefficient (Wildman–Crippen LogP) is 1.96. The van der Waals surface area contributed by atoms with E-state index < -0.39 is 0 Å². The lowest BCUT2D eigenvalue weighted by Gasteiger charge is -2.20. The number of carbonyl (C=O) groups excluding carboxylic acids is 1. The van der Waals surface area contributed by atoms with Crippen molar-refractivity contribution >= 4 is 11.6 Å². The van der Waals surface area contributed by atoms with Crippen molar-refractivity contribution in [3.8, 4) is 0 Å². The Hall–Kier alpha value is -1.84. The lowest BCUT2D eigenvalue weighted by atomic mass is 10.0. The molecule has 0 bridgehead atoms. The number of nitrogens with one attached hydrogen (secondary N) is 2. The first-order chi connectivity index (χ1) is 8.29. The molecule has 1 atom stereocenters. The van der Waals surface area contributed by atoms with E-state index in [-0.39, 0.29) is 5.91 Å². The molecule has 0 radical (unpaired) electrons. The van der Waals surface area contributed by atoms with Crippen LogP contribution < -0.4 is 10.6 Å². The lowest BCUT2D eigenvalue weighted by molar-refractivity contribution is 0.0958. The maximum Gasteiger partial charge on any atom is 0.269 e. The van der Waals surface area contributed by atoms with Crippen molar-refractivity contribution < 1.29 is 4.79 Å². The van der Waals surface area contributed by atoms with E-state index in [0.29, 0.717) is 11.7 Å². The highest BCUT2D eigenvalue weighted by Crippen LogP contribution is 2.17. The zero-order valence-corrected chi connectivity index (χ0v) is 9.94. The van der Waals surface area contributed by atoms with Gasteiger partial charge in [0, 0.05) is 25.0 Å². The van der Waals surface area contributed by atoms with Crippen LogP contribution in [0.4, 0.5) is 5.69 Å². The van der Waals surface area contributed by atoms with Crippen LogP contribution in [0.2, 0.25) is 0 Å². The molecule has 0 spiro atoms. The van der Waals surface area contributed by atoms with Crippen molar-refractivity contribution in [2.45, 2.75) is 25.3 Å². The second-order valence-corrected chi connectivity index (χ2v) is 4.13. The first kappa shape index (κ1) is 11.6. The number of nitrogens with zero attached hydrogens (tertiary/aromatic N) is 1. The number of carbonyl (C=O) groups is 1. The zero-order chi connectivity index (χ0) is 12.1. The quantitative estimate of drug-likeness (QED) is 0.782. The van der Waals surface area contributed by atoms with Crippen molar-refractivity contribution in [1.82, 2.24) is 10.3 Å². The van der Waals surface area contributed by atoms with Gasteiger partial charge in [0.1, 0.15) is 5.69 Å². The van der Waals surface area contributed by atoms with Gasteiger partial charge in [-0.2, -0.15) is 0 Å². The number of rotatable bonds is 3. The predicted molar refractivity (Wildman–Crippen MR) is 68.0 cm³/mol. The molecule has 1 amide bonds. The monoisotopic (exact) mass is 231 g/mol. The van der Waals surface area contributed by atoms with Crippen LogP contribution in [-0.2, 0) is 0 Å². The Labute approximate surface area is 101 Å². The molecule has 1 aromatic heterocycles. The van der Waals surface area contributed by atoms with Crippen LogP contribution in [0.5, 0.6) is 0 Å². The number of hydrogen-bond acceptors (Lipinski definition) is 3. The van der Waals surface area contributed by atoms with Crippen LogP contribution in [0.3, 0.4) is 0 Å².